The molecular weight excluding hydrogens is 397 g/mol. The van der Waals surface area contributed by atoms with E-state index in [2.05, 4.69) is 25.9 Å². The first-order valence-corrected chi connectivity index (χ1v) is 8.23. The Kier molecular flexibility index (Phi) is 5.69. The van der Waals surface area contributed by atoms with Gasteiger partial charge >= 0.3 is 6.18 Å². The van der Waals surface area contributed by atoms with E-state index in [1.54, 1.807) is 24.3 Å². The van der Waals surface area contributed by atoms with E-state index < -0.39 is 17.6 Å². The number of benzene rings is 2. The molecule has 144 valence electrons. The number of hydrogen-bond donors (Lipinski definition) is 1. The SMILES string of the molecule is O=C(Cn1nnc(-c2ccccc2C(F)(F)F)n1)N/N=C\c1ccccc1Cl. The molecule has 11 heteroatoms. The van der Waals surface area contributed by atoms with Gasteiger partial charge < -0.3 is 0 Å². The van der Waals surface area contributed by atoms with Crippen molar-refractivity contribution in [2.24, 2.45) is 5.10 Å². The molecule has 1 amide bonds. The lowest BCUT2D eigenvalue weighted by Crippen LogP contribution is -2.24. The third kappa shape index (κ3) is 4.71. The van der Waals surface area contributed by atoms with E-state index in [-0.39, 0.29) is 17.9 Å². The Morgan fingerprint density at radius 3 is 2.64 bits per heavy atom. The summed E-state index contributed by atoms with van der Waals surface area (Å²) in [6.45, 7) is -0.374. The summed E-state index contributed by atoms with van der Waals surface area (Å²) in [5.41, 5.74) is 1.75. The smallest absolute Gasteiger partial charge is 0.271 e. The number of halogens is 4. The second-order valence-electron chi connectivity index (χ2n) is 5.50. The van der Waals surface area contributed by atoms with Crippen LogP contribution < -0.4 is 5.43 Å². The highest BCUT2D eigenvalue weighted by Crippen LogP contribution is 2.35. The van der Waals surface area contributed by atoms with E-state index >= 15 is 0 Å². The average Bonchev–Trinajstić information content (AvgIpc) is 3.11. The minimum atomic E-state index is -4.56. The fourth-order valence-electron chi connectivity index (χ4n) is 2.26. The number of alkyl halides is 3. The average molecular weight is 409 g/mol. The summed E-state index contributed by atoms with van der Waals surface area (Å²) in [5.74, 6) is -0.823. The molecule has 0 bridgehead atoms. The normalized spacial score (nSPS) is 11.7. The second kappa shape index (κ2) is 8.17. The third-order valence-corrected chi connectivity index (χ3v) is 3.85. The number of carbonyl (C=O) groups is 1. The maximum atomic E-state index is 13.1. The van der Waals surface area contributed by atoms with Crippen LogP contribution in [0.4, 0.5) is 13.2 Å². The van der Waals surface area contributed by atoms with Gasteiger partial charge in [0.25, 0.3) is 5.91 Å². The fourth-order valence-corrected chi connectivity index (χ4v) is 2.45. The lowest BCUT2D eigenvalue weighted by atomic mass is 10.1. The molecule has 0 unspecified atom stereocenters. The van der Waals surface area contributed by atoms with Crippen LogP contribution in [0.15, 0.2) is 53.6 Å². The molecular formula is C17H12ClF3N6O. The predicted octanol–water partition coefficient (Wildman–Crippen LogP) is 3.16. The van der Waals surface area contributed by atoms with Crippen LogP contribution in [0.2, 0.25) is 5.02 Å². The fraction of sp³-hybridized carbons (Fsp3) is 0.118. The van der Waals surface area contributed by atoms with E-state index in [0.717, 1.165) is 10.9 Å². The molecule has 3 aromatic rings. The van der Waals surface area contributed by atoms with Crippen LogP contribution in [0.1, 0.15) is 11.1 Å². The number of tetrazole rings is 1. The van der Waals surface area contributed by atoms with E-state index in [4.69, 9.17) is 11.6 Å². The Bertz CT molecular complexity index is 1020. The van der Waals surface area contributed by atoms with Gasteiger partial charge in [-0.15, -0.1) is 10.2 Å². The molecule has 0 aliphatic carbocycles. The van der Waals surface area contributed by atoms with Gasteiger partial charge in [-0.1, -0.05) is 48.0 Å². The van der Waals surface area contributed by atoms with Gasteiger partial charge in [0.15, 0.2) is 0 Å². The maximum absolute atomic E-state index is 13.1. The molecule has 0 aliphatic heterocycles. The molecule has 0 fully saturated rings. The van der Waals surface area contributed by atoms with Crippen LogP contribution in [0.25, 0.3) is 11.4 Å². The Hall–Kier alpha value is -3.27. The third-order valence-electron chi connectivity index (χ3n) is 3.51. The van der Waals surface area contributed by atoms with Crippen molar-refractivity contribution in [1.82, 2.24) is 25.6 Å². The second-order valence-corrected chi connectivity index (χ2v) is 5.91. The minimum Gasteiger partial charge on any atom is -0.271 e. The zero-order valence-electron chi connectivity index (χ0n) is 14.1. The monoisotopic (exact) mass is 408 g/mol. The topological polar surface area (TPSA) is 85.1 Å². The van der Waals surface area contributed by atoms with Crippen molar-refractivity contribution in [2.45, 2.75) is 12.7 Å². The highest BCUT2D eigenvalue weighted by Gasteiger charge is 2.34. The molecule has 0 radical (unpaired) electrons. The number of nitrogens with one attached hydrogen (secondary N) is 1. The Labute approximate surface area is 161 Å². The molecule has 1 heterocycles. The Morgan fingerprint density at radius 2 is 1.89 bits per heavy atom. The van der Waals surface area contributed by atoms with Crippen molar-refractivity contribution < 1.29 is 18.0 Å². The van der Waals surface area contributed by atoms with Crippen LogP contribution >= 0.6 is 11.6 Å². The van der Waals surface area contributed by atoms with Gasteiger partial charge in [0.2, 0.25) is 5.82 Å². The van der Waals surface area contributed by atoms with Gasteiger partial charge in [-0.05, 0) is 17.3 Å². The molecule has 7 nitrogen and oxygen atoms in total. The minimum absolute atomic E-state index is 0.224. The van der Waals surface area contributed by atoms with E-state index in [1.807, 2.05) is 0 Å². The summed E-state index contributed by atoms with van der Waals surface area (Å²) in [5, 5.41) is 15.3. The molecule has 28 heavy (non-hydrogen) atoms. The number of aromatic nitrogens is 4. The summed E-state index contributed by atoms with van der Waals surface area (Å²) in [6.07, 6.45) is -3.20. The number of amides is 1. The molecule has 0 aliphatic rings. The van der Waals surface area contributed by atoms with Crippen molar-refractivity contribution in [1.29, 1.82) is 0 Å². The molecule has 0 saturated carbocycles. The predicted molar refractivity (Wildman–Crippen MR) is 95.4 cm³/mol. The number of hydrogen-bond acceptors (Lipinski definition) is 5. The maximum Gasteiger partial charge on any atom is 0.417 e. The summed E-state index contributed by atoms with van der Waals surface area (Å²) in [6, 6.07) is 11.7. The van der Waals surface area contributed by atoms with Crippen LogP contribution in [-0.2, 0) is 17.5 Å². The summed E-state index contributed by atoms with van der Waals surface area (Å²) < 4.78 is 39.3. The van der Waals surface area contributed by atoms with Crippen molar-refractivity contribution in [3.63, 3.8) is 0 Å². The zero-order valence-corrected chi connectivity index (χ0v) is 14.8. The first-order chi connectivity index (χ1) is 13.3. The molecule has 0 atom stereocenters. The largest absolute Gasteiger partial charge is 0.417 e. The van der Waals surface area contributed by atoms with Gasteiger partial charge in [0.05, 0.1) is 11.8 Å². The highest BCUT2D eigenvalue weighted by molar-refractivity contribution is 6.33. The number of nitrogens with zero attached hydrogens (tertiary/aromatic N) is 5. The van der Waals surface area contributed by atoms with Gasteiger partial charge in [0.1, 0.15) is 6.54 Å². The van der Waals surface area contributed by atoms with Crippen molar-refractivity contribution in [3.8, 4) is 11.4 Å². The first-order valence-electron chi connectivity index (χ1n) is 7.85. The molecule has 1 N–H and O–H groups in total. The van der Waals surface area contributed by atoms with Crippen molar-refractivity contribution >= 4 is 23.7 Å². The quantitative estimate of drug-likeness (QED) is 0.519. The molecule has 3 rings (SSSR count). The molecule has 1 aromatic heterocycles. The van der Waals surface area contributed by atoms with E-state index in [0.29, 0.717) is 10.6 Å². The van der Waals surface area contributed by atoms with Crippen LogP contribution in [0.5, 0.6) is 0 Å². The molecule has 0 spiro atoms. The van der Waals surface area contributed by atoms with Crippen LogP contribution in [-0.4, -0.2) is 32.3 Å². The first kappa shape index (κ1) is 19.5. The van der Waals surface area contributed by atoms with Gasteiger partial charge in [-0.2, -0.15) is 23.1 Å². The van der Waals surface area contributed by atoms with Gasteiger partial charge in [-0.25, -0.2) is 5.43 Å². The highest BCUT2D eigenvalue weighted by atomic mass is 35.5. The Morgan fingerprint density at radius 1 is 1.18 bits per heavy atom. The van der Waals surface area contributed by atoms with Crippen LogP contribution in [0, 0.1) is 0 Å². The summed E-state index contributed by atoms with van der Waals surface area (Å²) in [7, 11) is 0. The lowest BCUT2D eigenvalue weighted by molar-refractivity contribution is -0.137. The van der Waals surface area contributed by atoms with E-state index in [1.165, 1.54) is 24.4 Å². The Balaban J connectivity index is 1.67. The standard InChI is InChI=1S/C17H12ClF3N6O/c18-14-8-4-1-5-11(14)9-22-23-15(28)10-27-25-16(24-26-27)12-6-2-3-7-13(12)17(19,20)21/h1-9H,10H2,(H,23,28)/b22-9-. The lowest BCUT2D eigenvalue weighted by Gasteiger charge is -2.09. The summed E-state index contributed by atoms with van der Waals surface area (Å²) in [4.78, 5) is 12.8. The zero-order chi connectivity index (χ0) is 20.1. The van der Waals surface area contributed by atoms with Gasteiger partial charge in [0, 0.05) is 16.1 Å². The van der Waals surface area contributed by atoms with Crippen molar-refractivity contribution in [3.05, 3.63) is 64.7 Å². The van der Waals surface area contributed by atoms with Crippen molar-refractivity contribution in [2.75, 3.05) is 0 Å². The van der Waals surface area contributed by atoms with E-state index in [9.17, 15) is 18.0 Å². The number of rotatable bonds is 5. The number of carbonyl (C=O) groups excluding carboxylic acids is 1. The molecule has 0 saturated heterocycles. The number of hydrazone groups is 1. The summed E-state index contributed by atoms with van der Waals surface area (Å²) >= 11 is 5.96. The van der Waals surface area contributed by atoms with Crippen LogP contribution in [0.3, 0.4) is 0 Å². The van der Waals surface area contributed by atoms with Gasteiger partial charge in [-0.3, -0.25) is 4.79 Å². The molecule has 2 aromatic carbocycles.